The second kappa shape index (κ2) is 8.25. The summed E-state index contributed by atoms with van der Waals surface area (Å²) < 4.78 is 15.2. The Morgan fingerprint density at radius 2 is 1.17 bits per heavy atom. The lowest BCUT2D eigenvalue weighted by Gasteiger charge is -2.37. The van der Waals surface area contributed by atoms with E-state index >= 15 is 0 Å². The maximum atomic E-state index is 15.0. The van der Waals surface area contributed by atoms with Gasteiger partial charge in [0.2, 0.25) is 4.58 Å². The molecule has 0 saturated carbocycles. The van der Waals surface area contributed by atoms with Crippen molar-refractivity contribution in [3.05, 3.63) is 126 Å². The summed E-state index contributed by atoms with van der Waals surface area (Å²) >= 11 is 6.38. The van der Waals surface area contributed by atoms with E-state index in [1.165, 1.54) is 0 Å². The molecule has 1 aromatic heterocycles. The summed E-state index contributed by atoms with van der Waals surface area (Å²) in [5.74, 6) is 0. The number of rotatable bonds is 6. The molecule has 0 saturated heterocycles. The first kappa shape index (κ1) is 20.0. The first-order chi connectivity index (χ1) is 14.1. The Kier molecular flexibility index (Phi) is 5.70. The molecular formula is C24H19Br2FN2. The zero-order valence-corrected chi connectivity index (χ0v) is 18.7. The monoisotopic (exact) mass is 512 g/mol. The van der Waals surface area contributed by atoms with E-state index in [2.05, 4.69) is 73.2 Å². The molecule has 1 heterocycles. The third-order valence-corrected chi connectivity index (χ3v) is 7.30. The fourth-order valence-electron chi connectivity index (χ4n) is 3.75. The molecule has 3 aromatic carbocycles. The molecule has 146 valence electrons. The molecule has 0 aliphatic rings. The summed E-state index contributed by atoms with van der Waals surface area (Å²) in [5, 5.41) is 0.103. The van der Waals surface area contributed by atoms with Crippen molar-refractivity contribution in [1.82, 2.24) is 9.55 Å². The number of halogens is 3. The molecule has 2 nitrogen and oxygen atoms in total. The molecule has 0 aliphatic carbocycles. The Morgan fingerprint density at radius 3 is 1.55 bits per heavy atom. The Labute approximate surface area is 186 Å². The van der Waals surface area contributed by atoms with Crippen LogP contribution < -0.4 is 0 Å². The van der Waals surface area contributed by atoms with Crippen molar-refractivity contribution < 1.29 is 4.39 Å². The topological polar surface area (TPSA) is 17.8 Å². The van der Waals surface area contributed by atoms with E-state index in [0.29, 0.717) is 5.69 Å². The third-order valence-electron chi connectivity index (χ3n) is 5.09. The van der Waals surface area contributed by atoms with Gasteiger partial charge in [0.05, 0.1) is 11.7 Å². The molecule has 4 rings (SSSR count). The van der Waals surface area contributed by atoms with E-state index in [9.17, 15) is 4.39 Å². The van der Waals surface area contributed by atoms with E-state index in [4.69, 9.17) is 0 Å². The molecule has 0 amide bonds. The van der Waals surface area contributed by atoms with Gasteiger partial charge in [-0.25, -0.2) is 9.37 Å². The molecule has 0 spiro atoms. The predicted molar refractivity (Wildman–Crippen MR) is 122 cm³/mol. The molecule has 0 fully saturated rings. The van der Waals surface area contributed by atoms with Crippen LogP contribution in [0.4, 0.5) is 4.39 Å². The van der Waals surface area contributed by atoms with Gasteiger partial charge in [-0.05, 0) is 32.6 Å². The zero-order chi connectivity index (χ0) is 20.3. The lowest BCUT2D eigenvalue weighted by Crippen LogP contribution is -2.37. The molecule has 0 N–H and O–H groups in total. The SMILES string of the molecule is FC(Br)(CBr)c1cn(C(c2ccccc2)(c2ccccc2)c2ccccc2)cn1. The molecule has 1 atom stereocenters. The lowest BCUT2D eigenvalue weighted by atomic mass is 9.77. The molecular weight excluding hydrogens is 495 g/mol. The van der Waals surface area contributed by atoms with Crippen LogP contribution in [0, 0.1) is 0 Å². The van der Waals surface area contributed by atoms with Crippen LogP contribution in [0.3, 0.4) is 0 Å². The Balaban J connectivity index is 2.07. The van der Waals surface area contributed by atoms with Crippen molar-refractivity contribution in [3.63, 3.8) is 0 Å². The van der Waals surface area contributed by atoms with Crippen LogP contribution in [0.5, 0.6) is 0 Å². The van der Waals surface area contributed by atoms with Crippen molar-refractivity contribution >= 4 is 31.9 Å². The van der Waals surface area contributed by atoms with Crippen LogP contribution in [-0.4, -0.2) is 14.9 Å². The normalized spacial score (nSPS) is 13.8. The smallest absolute Gasteiger partial charge is 0.217 e. The lowest BCUT2D eigenvalue weighted by molar-refractivity contribution is 0.336. The van der Waals surface area contributed by atoms with Gasteiger partial charge in [-0.15, -0.1) is 0 Å². The average molecular weight is 514 g/mol. The van der Waals surface area contributed by atoms with Gasteiger partial charge in [-0.1, -0.05) is 107 Å². The maximum absolute atomic E-state index is 15.0. The second-order valence-corrected chi connectivity index (χ2v) is 8.63. The first-order valence-electron chi connectivity index (χ1n) is 9.24. The number of imidazole rings is 1. The van der Waals surface area contributed by atoms with Gasteiger partial charge in [0.15, 0.2) is 0 Å². The van der Waals surface area contributed by atoms with Gasteiger partial charge in [0.25, 0.3) is 0 Å². The van der Waals surface area contributed by atoms with Crippen LogP contribution in [-0.2, 0) is 10.1 Å². The third kappa shape index (κ3) is 3.58. The van der Waals surface area contributed by atoms with Crippen LogP contribution in [0.25, 0.3) is 0 Å². The summed E-state index contributed by atoms with van der Waals surface area (Å²) in [4.78, 5) is 4.41. The molecule has 29 heavy (non-hydrogen) atoms. The van der Waals surface area contributed by atoms with Crippen molar-refractivity contribution in [2.75, 3.05) is 5.33 Å². The van der Waals surface area contributed by atoms with Crippen LogP contribution >= 0.6 is 31.9 Å². The highest BCUT2D eigenvalue weighted by Gasteiger charge is 2.40. The maximum Gasteiger partial charge on any atom is 0.217 e. The summed E-state index contributed by atoms with van der Waals surface area (Å²) in [6, 6.07) is 30.7. The Morgan fingerprint density at radius 1 is 0.759 bits per heavy atom. The Bertz CT molecular complexity index is 967. The molecule has 0 bridgehead atoms. The number of hydrogen-bond acceptors (Lipinski definition) is 1. The molecule has 5 heteroatoms. The zero-order valence-electron chi connectivity index (χ0n) is 15.6. The van der Waals surface area contributed by atoms with E-state index in [-0.39, 0.29) is 5.33 Å². The summed E-state index contributed by atoms with van der Waals surface area (Å²) in [6.45, 7) is 0. The van der Waals surface area contributed by atoms with E-state index in [1.807, 2.05) is 59.2 Å². The average Bonchev–Trinajstić information content (AvgIpc) is 3.28. The predicted octanol–water partition coefficient (Wildman–Crippen LogP) is 6.64. The minimum atomic E-state index is -1.74. The van der Waals surface area contributed by atoms with Crippen LogP contribution in [0.1, 0.15) is 22.4 Å². The minimum absolute atomic E-state index is 0.103. The van der Waals surface area contributed by atoms with Crippen molar-refractivity contribution in [1.29, 1.82) is 0 Å². The number of aromatic nitrogens is 2. The summed E-state index contributed by atoms with van der Waals surface area (Å²) in [7, 11) is 0. The van der Waals surface area contributed by atoms with Crippen molar-refractivity contribution in [3.8, 4) is 0 Å². The molecule has 0 aliphatic heterocycles. The van der Waals surface area contributed by atoms with Gasteiger partial charge in [-0.3, -0.25) is 0 Å². The summed E-state index contributed by atoms with van der Waals surface area (Å²) in [5.41, 5.74) is 2.84. The van der Waals surface area contributed by atoms with Gasteiger partial charge in [-0.2, -0.15) is 0 Å². The quantitative estimate of drug-likeness (QED) is 0.209. The fourth-order valence-corrected chi connectivity index (χ4v) is 4.24. The molecule has 1 unspecified atom stereocenters. The van der Waals surface area contributed by atoms with E-state index in [0.717, 1.165) is 16.7 Å². The molecule has 0 radical (unpaired) electrons. The van der Waals surface area contributed by atoms with E-state index < -0.39 is 10.1 Å². The van der Waals surface area contributed by atoms with Gasteiger partial charge >= 0.3 is 0 Å². The highest BCUT2D eigenvalue weighted by Crippen LogP contribution is 2.42. The van der Waals surface area contributed by atoms with Crippen molar-refractivity contribution in [2.24, 2.45) is 0 Å². The largest absolute Gasteiger partial charge is 0.319 e. The summed E-state index contributed by atoms with van der Waals surface area (Å²) in [6.07, 6.45) is 3.49. The van der Waals surface area contributed by atoms with Gasteiger partial charge < -0.3 is 4.57 Å². The van der Waals surface area contributed by atoms with E-state index in [1.54, 1.807) is 12.5 Å². The van der Waals surface area contributed by atoms with Crippen molar-refractivity contribution in [2.45, 2.75) is 10.1 Å². The Hall–Kier alpha value is -2.24. The fraction of sp³-hybridized carbons (Fsp3) is 0.125. The molecule has 4 aromatic rings. The number of hydrogen-bond donors (Lipinski definition) is 0. The first-order valence-corrected chi connectivity index (χ1v) is 11.2. The van der Waals surface area contributed by atoms with Crippen LogP contribution in [0.2, 0.25) is 0 Å². The number of benzene rings is 3. The van der Waals surface area contributed by atoms with Gasteiger partial charge in [0, 0.05) is 6.20 Å². The number of alkyl halides is 3. The second-order valence-electron chi connectivity index (χ2n) is 6.81. The van der Waals surface area contributed by atoms with Gasteiger partial charge in [0.1, 0.15) is 11.2 Å². The minimum Gasteiger partial charge on any atom is -0.319 e. The number of nitrogens with zero attached hydrogens (tertiary/aromatic N) is 2. The van der Waals surface area contributed by atoms with Crippen LogP contribution in [0.15, 0.2) is 104 Å². The standard InChI is InChI=1S/C24H19Br2FN2/c25-17-23(26,27)22-16-29(18-28-22)24(19-10-4-1-5-11-19,20-12-6-2-7-13-20)21-14-8-3-9-15-21/h1-16,18H,17H2. The highest BCUT2D eigenvalue weighted by atomic mass is 79.9. The highest BCUT2D eigenvalue weighted by molar-refractivity contribution is 9.12.